The average Bonchev–Trinajstić information content (AvgIpc) is 3.41. The lowest BCUT2D eigenvalue weighted by atomic mass is 9.88. The highest BCUT2D eigenvalue weighted by Gasteiger charge is 2.45. The van der Waals surface area contributed by atoms with Crippen LogP contribution in [0.2, 0.25) is 0 Å². The van der Waals surface area contributed by atoms with Crippen molar-refractivity contribution in [1.29, 1.82) is 0 Å². The summed E-state index contributed by atoms with van der Waals surface area (Å²) in [7, 11) is -6.39. The van der Waals surface area contributed by atoms with E-state index < -0.39 is 43.0 Å². The topological polar surface area (TPSA) is 156 Å². The summed E-state index contributed by atoms with van der Waals surface area (Å²) in [5, 5.41) is 13.9. The molecule has 0 amide bonds. The van der Waals surface area contributed by atoms with Crippen molar-refractivity contribution in [2.45, 2.75) is 60.3 Å². The number of hydrogen-bond acceptors (Lipinski definition) is 9. The SMILES string of the molecule is CCn1cc(S(=O)(=O)N2CCC3(CC2)CC(NC[C@H](O)COc2cccc(S(=O)(=O)NC)c2)CO3)c(=O)c2ccc(F)cc21. The highest BCUT2D eigenvalue weighted by molar-refractivity contribution is 7.89. The summed E-state index contributed by atoms with van der Waals surface area (Å²) in [6.07, 6.45) is 1.95. The van der Waals surface area contributed by atoms with E-state index in [-0.39, 0.29) is 47.5 Å². The van der Waals surface area contributed by atoms with Crippen LogP contribution in [0.25, 0.3) is 10.9 Å². The number of aliphatic hydroxyl groups is 1. The molecule has 3 N–H and O–H groups in total. The van der Waals surface area contributed by atoms with Gasteiger partial charge in [0.15, 0.2) is 0 Å². The molecule has 0 aliphatic carbocycles. The van der Waals surface area contributed by atoms with Gasteiger partial charge in [-0.2, -0.15) is 4.31 Å². The zero-order chi connectivity index (χ0) is 31.7. The molecule has 1 spiro atoms. The Morgan fingerprint density at radius 3 is 2.61 bits per heavy atom. The second kappa shape index (κ2) is 12.8. The van der Waals surface area contributed by atoms with Gasteiger partial charge in [-0.15, -0.1) is 0 Å². The van der Waals surface area contributed by atoms with Gasteiger partial charge in [0.25, 0.3) is 0 Å². The Bertz CT molecular complexity index is 1790. The predicted octanol–water partition coefficient (Wildman–Crippen LogP) is 1.41. The first-order valence-corrected chi connectivity index (χ1v) is 17.3. The third-order valence-electron chi connectivity index (χ3n) is 8.28. The zero-order valence-electron chi connectivity index (χ0n) is 24.5. The smallest absolute Gasteiger partial charge is 0.248 e. The van der Waals surface area contributed by atoms with Crippen molar-refractivity contribution in [2.75, 3.05) is 39.9 Å². The van der Waals surface area contributed by atoms with Crippen LogP contribution in [0, 0.1) is 5.82 Å². The minimum absolute atomic E-state index is 0.0506. The van der Waals surface area contributed by atoms with Crippen molar-refractivity contribution >= 4 is 30.9 Å². The monoisotopic (exact) mass is 652 g/mol. The van der Waals surface area contributed by atoms with E-state index in [4.69, 9.17) is 9.47 Å². The zero-order valence-corrected chi connectivity index (χ0v) is 26.2. The molecule has 3 aromatic rings. The quantitative estimate of drug-likeness (QED) is 0.279. The summed E-state index contributed by atoms with van der Waals surface area (Å²) >= 11 is 0. The number of nitrogens with one attached hydrogen (secondary N) is 2. The van der Waals surface area contributed by atoms with Crippen LogP contribution in [0.1, 0.15) is 26.2 Å². The van der Waals surface area contributed by atoms with E-state index in [1.165, 1.54) is 41.8 Å². The number of piperidine rings is 1. The fraction of sp³-hybridized carbons (Fsp3) is 0.483. The number of aromatic nitrogens is 1. The fourth-order valence-electron chi connectivity index (χ4n) is 5.78. The summed E-state index contributed by atoms with van der Waals surface area (Å²) < 4.78 is 81.9. The number of benzene rings is 2. The summed E-state index contributed by atoms with van der Waals surface area (Å²) in [5.74, 6) is -0.190. The van der Waals surface area contributed by atoms with Crippen molar-refractivity contribution in [3.8, 4) is 5.75 Å². The number of aryl methyl sites for hydroxylation is 1. The van der Waals surface area contributed by atoms with Gasteiger partial charge in [-0.05, 0) is 63.6 Å². The Morgan fingerprint density at radius 2 is 1.91 bits per heavy atom. The number of fused-ring (bicyclic) bond motifs is 1. The van der Waals surface area contributed by atoms with E-state index in [1.807, 2.05) is 0 Å². The molecule has 2 aliphatic heterocycles. The molecule has 5 rings (SSSR count). The molecule has 12 nitrogen and oxygen atoms in total. The first-order valence-electron chi connectivity index (χ1n) is 14.4. The lowest BCUT2D eigenvalue weighted by molar-refractivity contribution is -0.0312. The van der Waals surface area contributed by atoms with Gasteiger partial charge in [0, 0.05) is 49.9 Å². The Balaban J connectivity index is 1.15. The Hall–Kier alpha value is -2.92. The van der Waals surface area contributed by atoms with Crippen LogP contribution in [-0.2, 0) is 31.3 Å². The van der Waals surface area contributed by atoms with Crippen molar-refractivity contribution in [3.05, 3.63) is 64.7 Å². The highest BCUT2D eigenvalue weighted by Crippen LogP contribution is 2.37. The number of sulfonamides is 2. The number of halogens is 1. The Morgan fingerprint density at radius 1 is 1.16 bits per heavy atom. The third-order valence-corrected chi connectivity index (χ3v) is 11.6. The summed E-state index contributed by atoms with van der Waals surface area (Å²) in [6.45, 7) is 3.08. The molecule has 2 atom stereocenters. The number of hydrogen-bond donors (Lipinski definition) is 3. The van der Waals surface area contributed by atoms with E-state index in [1.54, 1.807) is 23.6 Å². The van der Waals surface area contributed by atoms with Crippen LogP contribution in [0.15, 0.2) is 63.2 Å². The van der Waals surface area contributed by atoms with Gasteiger partial charge in [0.2, 0.25) is 25.5 Å². The molecule has 1 aromatic heterocycles. The molecule has 0 radical (unpaired) electrons. The molecular weight excluding hydrogens is 615 g/mol. The third kappa shape index (κ3) is 6.68. The van der Waals surface area contributed by atoms with Crippen LogP contribution >= 0.6 is 0 Å². The fourth-order valence-corrected chi connectivity index (χ4v) is 8.09. The van der Waals surface area contributed by atoms with Gasteiger partial charge in [-0.25, -0.2) is 25.9 Å². The van der Waals surface area contributed by atoms with Crippen molar-refractivity contribution in [1.82, 2.24) is 18.9 Å². The maximum absolute atomic E-state index is 13.8. The van der Waals surface area contributed by atoms with Crippen molar-refractivity contribution in [3.63, 3.8) is 0 Å². The van der Waals surface area contributed by atoms with Gasteiger partial charge < -0.3 is 24.5 Å². The molecular formula is C29H37FN4O8S2. The summed E-state index contributed by atoms with van der Waals surface area (Å²) in [4.78, 5) is 12.9. The van der Waals surface area contributed by atoms with Gasteiger partial charge in [0.1, 0.15) is 29.2 Å². The van der Waals surface area contributed by atoms with Gasteiger partial charge in [-0.1, -0.05) is 6.07 Å². The lowest BCUT2D eigenvalue weighted by Crippen LogP contribution is -2.47. The van der Waals surface area contributed by atoms with Gasteiger partial charge >= 0.3 is 0 Å². The second-order valence-corrected chi connectivity index (χ2v) is 14.9. The molecule has 2 aromatic carbocycles. The highest BCUT2D eigenvalue weighted by atomic mass is 32.2. The molecule has 2 saturated heterocycles. The number of ether oxygens (including phenoxy) is 2. The molecule has 240 valence electrons. The van der Waals surface area contributed by atoms with E-state index in [9.17, 15) is 31.1 Å². The number of aliphatic hydroxyl groups excluding tert-OH is 1. The molecule has 0 saturated carbocycles. The number of nitrogens with zero attached hydrogens (tertiary/aromatic N) is 2. The summed E-state index contributed by atoms with van der Waals surface area (Å²) in [6, 6.07) is 9.63. The lowest BCUT2D eigenvalue weighted by Gasteiger charge is -2.38. The van der Waals surface area contributed by atoms with E-state index in [0.29, 0.717) is 43.7 Å². The average molecular weight is 653 g/mol. The first-order chi connectivity index (χ1) is 20.9. The standard InChI is InChI=1S/C29H37FN4O8S2/c1-3-33-17-27(28(36)25-8-7-20(30)13-26(25)33)44(39,40)34-11-9-29(10-12-34)15-21(18-42-29)32-16-22(35)19-41-23-5-4-6-24(14-23)43(37,38)31-2/h4-8,13-14,17,21-22,31-32,35H,3,9-12,15-16,18-19H2,1-2H3/t21?,22-/m0/s1. The van der Waals surface area contributed by atoms with Crippen LogP contribution in [0.4, 0.5) is 4.39 Å². The molecule has 2 fully saturated rings. The normalized spacial score (nSPS) is 19.9. The van der Waals surface area contributed by atoms with Crippen LogP contribution in [-0.4, -0.2) is 88.5 Å². The minimum atomic E-state index is -4.10. The largest absolute Gasteiger partial charge is 0.491 e. The molecule has 0 bridgehead atoms. The number of rotatable bonds is 11. The molecule has 15 heteroatoms. The van der Waals surface area contributed by atoms with Gasteiger partial charge in [0.05, 0.1) is 22.6 Å². The Labute approximate surface area is 255 Å². The van der Waals surface area contributed by atoms with Crippen molar-refractivity contribution < 1.29 is 35.8 Å². The number of pyridine rings is 1. The van der Waals surface area contributed by atoms with Crippen LogP contribution in [0.3, 0.4) is 0 Å². The minimum Gasteiger partial charge on any atom is -0.491 e. The second-order valence-electron chi connectivity index (χ2n) is 11.1. The predicted molar refractivity (Wildman–Crippen MR) is 161 cm³/mol. The molecule has 3 heterocycles. The maximum Gasteiger partial charge on any atom is 0.248 e. The van der Waals surface area contributed by atoms with E-state index >= 15 is 0 Å². The van der Waals surface area contributed by atoms with E-state index in [0.717, 1.165) is 6.07 Å². The maximum atomic E-state index is 13.8. The van der Waals surface area contributed by atoms with Crippen LogP contribution < -0.4 is 20.2 Å². The van der Waals surface area contributed by atoms with Gasteiger partial charge in [-0.3, -0.25) is 4.79 Å². The molecule has 1 unspecified atom stereocenters. The Kier molecular flexibility index (Phi) is 9.47. The first kappa shape index (κ1) is 32.5. The summed E-state index contributed by atoms with van der Waals surface area (Å²) in [5.41, 5.74) is -0.822. The molecule has 2 aliphatic rings. The molecule has 44 heavy (non-hydrogen) atoms. The van der Waals surface area contributed by atoms with Crippen molar-refractivity contribution in [2.24, 2.45) is 0 Å². The van der Waals surface area contributed by atoms with E-state index in [2.05, 4.69) is 10.0 Å². The van der Waals surface area contributed by atoms with Crippen LogP contribution in [0.5, 0.6) is 5.75 Å².